The molecule has 0 unspecified atom stereocenters. The Morgan fingerprint density at radius 3 is 1.96 bits per heavy atom. The zero-order valence-corrected chi connectivity index (χ0v) is 14.6. The highest BCUT2D eigenvalue weighted by atomic mass is 35.5. The third kappa shape index (κ3) is 3.36. The summed E-state index contributed by atoms with van der Waals surface area (Å²) in [6.45, 7) is 4.23. The molecule has 0 atom stereocenters. The summed E-state index contributed by atoms with van der Waals surface area (Å²) in [4.78, 5) is 26.4. The van der Waals surface area contributed by atoms with Crippen molar-refractivity contribution in [3.05, 3.63) is 64.7 Å². The second-order valence-electron chi connectivity index (χ2n) is 6.53. The van der Waals surface area contributed by atoms with Gasteiger partial charge in [-0.05, 0) is 41.3 Å². The Bertz CT molecular complexity index is 732. The summed E-state index contributed by atoms with van der Waals surface area (Å²) in [6, 6.07) is 15.0. The number of halogens is 1. The Labute approximate surface area is 147 Å². The quantitative estimate of drug-likeness (QED) is 0.744. The van der Waals surface area contributed by atoms with E-state index in [2.05, 4.69) is 13.8 Å². The molecule has 1 aliphatic rings. The van der Waals surface area contributed by atoms with Crippen LogP contribution in [-0.4, -0.2) is 11.8 Å². The lowest BCUT2D eigenvalue weighted by molar-refractivity contribution is -0.129. The third-order valence-corrected chi connectivity index (χ3v) is 4.75. The molecule has 24 heavy (non-hydrogen) atoms. The molecule has 124 valence electrons. The lowest BCUT2D eigenvalue weighted by Crippen LogP contribution is -2.42. The molecule has 1 saturated heterocycles. The van der Waals surface area contributed by atoms with Crippen LogP contribution in [0.2, 0.25) is 5.02 Å². The Morgan fingerprint density at radius 2 is 1.46 bits per heavy atom. The fourth-order valence-corrected chi connectivity index (χ4v) is 3.21. The maximum atomic E-state index is 12.6. The molecule has 0 aliphatic carbocycles. The number of hydrogen-bond acceptors (Lipinski definition) is 2. The van der Waals surface area contributed by atoms with Gasteiger partial charge in [0.15, 0.2) is 0 Å². The van der Waals surface area contributed by atoms with E-state index in [4.69, 9.17) is 11.6 Å². The van der Waals surface area contributed by atoms with Crippen LogP contribution in [0.5, 0.6) is 0 Å². The molecule has 3 nitrogen and oxygen atoms in total. The van der Waals surface area contributed by atoms with Crippen LogP contribution in [0.4, 0.5) is 5.69 Å². The molecule has 1 aliphatic heterocycles. The molecule has 1 fully saturated rings. The molecule has 2 aromatic rings. The van der Waals surface area contributed by atoms with E-state index in [1.54, 1.807) is 12.1 Å². The van der Waals surface area contributed by atoms with Crippen molar-refractivity contribution >= 4 is 29.1 Å². The lowest BCUT2D eigenvalue weighted by atomic mass is 9.88. The lowest BCUT2D eigenvalue weighted by Gasteiger charge is -2.30. The normalized spacial score (nSPS) is 16.1. The molecule has 2 amide bonds. The van der Waals surface area contributed by atoms with Gasteiger partial charge in [-0.1, -0.05) is 49.7 Å². The number of benzene rings is 2. The number of piperidine rings is 1. The largest absolute Gasteiger partial charge is 0.274 e. The van der Waals surface area contributed by atoms with Crippen LogP contribution in [0.25, 0.3) is 0 Å². The first-order valence-corrected chi connectivity index (χ1v) is 8.54. The van der Waals surface area contributed by atoms with Crippen molar-refractivity contribution in [1.82, 2.24) is 0 Å². The number of anilines is 1. The van der Waals surface area contributed by atoms with E-state index in [1.165, 1.54) is 10.5 Å². The zero-order valence-electron chi connectivity index (χ0n) is 13.8. The Morgan fingerprint density at radius 1 is 0.917 bits per heavy atom. The number of carbonyl (C=O) groups excluding carboxylic acids is 2. The second kappa shape index (κ2) is 6.78. The van der Waals surface area contributed by atoms with Crippen LogP contribution in [0.15, 0.2) is 48.5 Å². The van der Waals surface area contributed by atoms with Gasteiger partial charge in [-0.25, -0.2) is 0 Å². The van der Waals surface area contributed by atoms with Gasteiger partial charge in [0.2, 0.25) is 11.8 Å². The minimum atomic E-state index is -0.150. The molecule has 0 saturated carbocycles. The average molecular weight is 342 g/mol. The molecule has 0 radical (unpaired) electrons. The minimum Gasteiger partial charge on any atom is -0.274 e. The van der Waals surface area contributed by atoms with Crippen LogP contribution in [0.1, 0.15) is 49.7 Å². The molecule has 0 N–H and O–H groups in total. The van der Waals surface area contributed by atoms with E-state index in [0.717, 1.165) is 5.56 Å². The molecule has 0 aromatic heterocycles. The molecular formula is C20H20ClNO2. The fourth-order valence-electron chi connectivity index (χ4n) is 3.08. The highest BCUT2D eigenvalue weighted by Crippen LogP contribution is 2.33. The molecule has 0 bridgehead atoms. The molecular weight excluding hydrogens is 322 g/mol. The van der Waals surface area contributed by atoms with Gasteiger partial charge in [-0.3, -0.25) is 14.5 Å². The van der Waals surface area contributed by atoms with E-state index in [-0.39, 0.29) is 17.7 Å². The fraction of sp³-hybridized carbons (Fsp3) is 0.300. The van der Waals surface area contributed by atoms with E-state index >= 15 is 0 Å². The number of amides is 2. The summed E-state index contributed by atoms with van der Waals surface area (Å²) in [5.74, 6) is 0.0431. The van der Waals surface area contributed by atoms with Crippen LogP contribution in [0, 0.1) is 0 Å². The van der Waals surface area contributed by atoms with E-state index < -0.39 is 0 Å². The first-order valence-electron chi connectivity index (χ1n) is 8.17. The van der Waals surface area contributed by atoms with Crippen molar-refractivity contribution in [2.75, 3.05) is 4.90 Å². The van der Waals surface area contributed by atoms with Crippen LogP contribution in [0.3, 0.4) is 0 Å². The summed E-state index contributed by atoms with van der Waals surface area (Å²) < 4.78 is 0. The van der Waals surface area contributed by atoms with Gasteiger partial charge < -0.3 is 0 Å². The smallest absolute Gasteiger partial charge is 0.234 e. The predicted octanol–water partition coefficient (Wildman–Crippen LogP) is 4.90. The first-order chi connectivity index (χ1) is 11.5. The summed E-state index contributed by atoms with van der Waals surface area (Å²) in [5.41, 5.74) is 2.83. The van der Waals surface area contributed by atoms with Crippen molar-refractivity contribution in [2.45, 2.75) is 38.5 Å². The van der Waals surface area contributed by atoms with Gasteiger partial charge in [-0.2, -0.15) is 0 Å². The monoisotopic (exact) mass is 341 g/mol. The van der Waals surface area contributed by atoms with Gasteiger partial charge in [0, 0.05) is 23.8 Å². The van der Waals surface area contributed by atoms with E-state index in [0.29, 0.717) is 29.5 Å². The van der Waals surface area contributed by atoms with E-state index in [1.807, 2.05) is 36.4 Å². The molecule has 0 spiro atoms. The summed E-state index contributed by atoms with van der Waals surface area (Å²) >= 11 is 5.90. The number of nitrogens with zero attached hydrogens (tertiary/aromatic N) is 1. The Hall–Kier alpha value is -2.13. The van der Waals surface area contributed by atoms with Crippen molar-refractivity contribution in [3.8, 4) is 0 Å². The minimum absolute atomic E-state index is 0.0755. The average Bonchev–Trinajstić information content (AvgIpc) is 2.55. The van der Waals surface area contributed by atoms with Crippen LogP contribution < -0.4 is 4.90 Å². The van der Waals surface area contributed by atoms with Crippen molar-refractivity contribution < 1.29 is 9.59 Å². The highest BCUT2D eigenvalue weighted by Gasteiger charge is 2.34. The number of rotatable bonds is 3. The number of carbonyl (C=O) groups is 2. The van der Waals surface area contributed by atoms with Crippen LogP contribution in [-0.2, 0) is 9.59 Å². The van der Waals surface area contributed by atoms with Gasteiger partial charge in [0.25, 0.3) is 0 Å². The molecule has 2 aromatic carbocycles. The molecule has 1 heterocycles. The van der Waals surface area contributed by atoms with Crippen molar-refractivity contribution in [2.24, 2.45) is 0 Å². The van der Waals surface area contributed by atoms with Gasteiger partial charge in [-0.15, -0.1) is 0 Å². The Kier molecular flexibility index (Phi) is 4.72. The summed E-state index contributed by atoms with van der Waals surface area (Å²) in [5, 5.41) is 0.652. The van der Waals surface area contributed by atoms with Crippen molar-refractivity contribution in [3.63, 3.8) is 0 Å². The standard InChI is InChI=1S/C20H20ClNO2/c1-13(2)14-5-9-18(10-6-14)22-19(23)11-16(12-20(22)24)15-3-7-17(21)8-4-15/h3-10,13,16H,11-12H2,1-2H3. The number of imide groups is 1. The highest BCUT2D eigenvalue weighted by molar-refractivity contribution is 6.30. The van der Waals surface area contributed by atoms with Gasteiger partial charge in [0.1, 0.15) is 0 Å². The first kappa shape index (κ1) is 16.7. The third-order valence-electron chi connectivity index (χ3n) is 4.50. The Balaban J connectivity index is 1.79. The van der Waals surface area contributed by atoms with Crippen molar-refractivity contribution in [1.29, 1.82) is 0 Å². The molecule has 4 heteroatoms. The van der Waals surface area contributed by atoms with Crippen LogP contribution >= 0.6 is 11.6 Å². The maximum absolute atomic E-state index is 12.6. The SMILES string of the molecule is CC(C)c1ccc(N2C(=O)CC(c3ccc(Cl)cc3)CC2=O)cc1. The van der Waals surface area contributed by atoms with Gasteiger partial charge >= 0.3 is 0 Å². The molecule has 3 rings (SSSR count). The van der Waals surface area contributed by atoms with E-state index in [9.17, 15) is 9.59 Å². The summed E-state index contributed by atoms with van der Waals surface area (Å²) in [6.07, 6.45) is 0.665. The topological polar surface area (TPSA) is 37.4 Å². The zero-order chi connectivity index (χ0) is 17.3. The summed E-state index contributed by atoms with van der Waals surface area (Å²) in [7, 11) is 0. The number of hydrogen-bond donors (Lipinski definition) is 0. The maximum Gasteiger partial charge on any atom is 0.234 e. The van der Waals surface area contributed by atoms with Gasteiger partial charge in [0.05, 0.1) is 5.69 Å². The second-order valence-corrected chi connectivity index (χ2v) is 6.96. The predicted molar refractivity (Wildman–Crippen MR) is 96.5 cm³/mol.